The molecule has 13 heteroatoms. The molecule has 290 valence electrons. The predicted octanol–water partition coefficient (Wildman–Crippen LogP) is 5.33. The SMILES string of the molecule is CO[C@@H]1CC/C=C/c2ccnc(c2)COC(=O)[C@@H]2CCCN(N2)C(=O)[C@H](Cc2cccc(O[Si](C)(C)C(C)(C)C)c2)NC(=O)[C@H](C(C)C)NC(=O)[C@@H]1C. The minimum atomic E-state index is -2.15. The van der Waals surface area contributed by atoms with Gasteiger partial charge >= 0.3 is 5.97 Å². The molecule has 4 rings (SSSR count). The molecule has 3 amide bonds. The molecule has 1 aromatic heterocycles. The number of methoxy groups -OCH3 is 1. The van der Waals surface area contributed by atoms with E-state index >= 15 is 0 Å². The van der Waals surface area contributed by atoms with Gasteiger partial charge in [-0.15, -0.1) is 0 Å². The molecule has 3 heterocycles. The molecule has 1 aromatic carbocycles. The molecular weight excluding hydrogens is 691 g/mol. The summed E-state index contributed by atoms with van der Waals surface area (Å²) in [4.78, 5) is 59.6. The van der Waals surface area contributed by atoms with Crippen molar-refractivity contribution < 1.29 is 33.1 Å². The van der Waals surface area contributed by atoms with E-state index in [-0.39, 0.29) is 29.9 Å². The molecule has 2 aliphatic heterocycles. The number of cyclic esters (lactones) is 1. The zero-order valence-electron chi connectivity index (χ0n) is 32.9. The number of nitrogens with zero attached hydrogens (tertiary/aromatic N) is 2. The molecule has 4 bridgehead atoms. The highest BCUT2D eigenvalue weighted by atomic mass is 28.4. The van der Waals surface area contributed by atoms with Gasteiger partial charge in [-0.1, -0.05) is 65.8 Å². The molecule has 5 atom stereocenters. The van der Waals surface area contributed by atoms with Crippen molar-refractivity contribution in [3.05, 3.63) is 65.5 Å². The van der Waals surface area contributed by atoms with Gasteiger partial charge in [0.25, 0.3) is 5.91 Å². The summed E-state index contributed by atoms with van der Waals surface area (Å²) in [6.45, 7) is 16.7. The van der Waals surface area contributed by atoms with E-state index in [4.69, 9.17) is 13.9 Å². The largest absolute Gasteiger partial charge is 0.543 e. The molecule has 0 unspecified atom stereocenters. The summed E-state index contributed by atoms with van der Waals surface area (Å²) < 4.78 is 17.9. The predicted molar refractivity (Wildman–Crippen MR) is 207 cm³/mol. The van der Waals surface area contributed by atoms with Crippen LogP contribution in [0.2, 0.25) is 18.1 Å². The van der Waals surface area contributed by atoms with Crippen LogP contribution in [0.15, 0.2) is 48.7 Å². The molecule has 0 spiro atoms. The number of rotatable bonds is 6. The lowest BCUT2D eigenvalue weighted by Gasteiger charge is -2.36. The van der Waals surface area contributed by atoms with Crippen LogP contribution in [-0.2, 0) is 41.7 Å². The Bertz CT molecular complexity index is 1620. The van der Waals surface area contributed by atoms with Crippen LogP contribution >= 0.6 is 0 Å². The van der Waals surface area contributed by atoms with Gasteiger partial charge in [0, 0.05) is 26.3 Å². The molecule has 0 radical (unpaired) electrons. The first-order chi connectivity index (χ1) is 25.0. The Balaban J connectivity index is 1.66. The number of hydrazine groups is 1. The van der Waals surface area contributed by atoms with Crippen molar-refractivity contribution in [3.8, 4) is 5.75 Å². The van der Waals surface area contributed by atoms with Crippen LogP contribution in [0.1, 0.15) is 84.0 Å². The number of ether oxygens (including phenoxy) is 2. The number of nitrogens with one attached hydrogen (secondary N) is 3. The van der Waals surface area contributed by atoms with Crippen molar-refractivity contribution in [1.82, 2.24) is 26.1 Å². The van der Waals surface area contributed by atoms with E-state index in [2.05, 4.69) is 54.9 Å². The van der Waals surface area contributed by atoms with Gasteiger partial charge < -0.3 is 24.5 Å². The zero-order valence-corrected chi connectivity index (χ0v) is 33.9. The number of amides is 3. The Labute approximate surface area is 315 Å². The smallest absolute Gasteiger partial charge is 0.325 e. The van der Waals surface area contributed by atoms with Crippen molar-refractivity contribution in [2.24, 2.45) is 11.8 Å². The Morgan fingerprint density at radius 2 is 1.79 bits per heavy atom. The number of allylic oxidation sites excluding steroid dienone is 1. The highest BCUT2D eigenvalue weighted by molar-refractivity contribution is 6.74. The van der Waals surface area contributed by atoms with Crippen LogP contribution in [0.4, 0.5) is 0 Å². The first-order valence-corrected chi connectivity index (χ1v) is 21.7. The van der Waals surface area contributed by atoms with Crippen LogP contribution in [0.5, 0.6) is 5.75 Å². The van der Waals surface area contributed by atoms with Crippen molar-refractivity contribution in [2.45, 2.75) is 123 Å². The van der Waals surface area contributed by atoms with Crippen molar-refractivity contribution in [3.63, 3.8) is 0 Å². The molecular formula is C40H59N5O7Si. The van der Waals surface area contributed by atoms with Gasteiger partial charge in [-0.3, -0.25) is 29.2 Å². The number of aromatic nitrogens is 1. The zero-order chi connectivity index (χ0) is 38.9. The topological polar surface area (TPSA) is 148 Å². The van der Waals surface area contributed by atoms with Gasteiger partial charge in [0.2, 0.25) is 20.1 Å². The molecule has 3 N–H and O–H groups in total. The standard InChI is InChI=1S/C40H59N5O7Si/c1-26(2)35-37(47)42-33(24-29-15-12-16-31(23-29)52-53(8,9)40(4,5)6)38(48)45-21-13-17-32(44-45)39(49)51-25-30-22-28(19-20-41-30)14-10-11-18-34(50-7)27(3)36(46)43-35/h10,12,14-16,19-20,22-23,26-27,32-35,44H,11,13,17-18,21,24-25H2,1-9H3,(H,42,47)(H,43,46)/b14-10+/t27-,32+,33+,34-,35+/m1/s1. The first kappa shape index (κ1) is 41.7. The molecule has 0 aliphatic carbocycles. The second-order valence-corrected chi connectivity index (χ2v) is 20.8. The number of carbonyl (C=O) groups is 4. The van der Waals surface area contributed by atoms with Crippen LogP contribution in [-0.4, -0.2) is 79.9 Å². The third-order valence-corrected chi connectivity index (χ3v) is 14.9. The molecule has 2 aliphatic rings. The number of hydrogen-bond donors (Lipinski definition) is 3. The average Bonchev–Trinajstić information content (AvgIpc) is 3.11. The van der Waals surface area contributed by atoms with E-state index in [1.54, 1.807) is 20.2 Å². The first-order valence-electron chi connectivity index (χ1n) is 18.8. The lowest BCUT2D eigenvalue weighted by molar-refractivity contribution is -0.154. The fraction of sp³-hybridized carbons (Fsp3) is 0.575. The Kier molecular flexibility index (Phi) is 14.4. The minimum absolute atomic E-state index is 0.0166. The number of esters is 1. The van der Waals surface area contributed by atoms with Crippen molar-refractivity contribution >= 4 is 38.1 Å². The Hall–Kier alpha value is -4.07. The van der Waals surface area contributed by atoms with Gasteiger partial charge in [0.15, 0.2) is 0 Å². The molecule has 53 heavy (non-hydrogen) atoms. The van der Waals surface area contributed by atoms with Crippen molar-refractivity contribution in [2.75, 3.05) is 13.7 Å². The van der Waals surface area contributed by atoms with Gasteiger partial charge in [-0.05, 0) is 85.1 Å². The summed E-state index contributed by atoms with van der Waals surface area (Å²) in [6, 6.07) is 8.63. The van der Waals surface area contributed by atoms with Crippen LogP contribution < -0.4 is 20.5 Å². The number of pyridine rings is 1. The molecule has 0 saturated carbocycles. The summed E-state index contributed by atoms with van der Waals surface area (Å²) in [6.07, 6.45) is 7.64. The summed E-state index contributed by atoms with van der Waals surface area (Å²) in [5.41, 5.74) is 5.35. The maximum absolute atomic E-state index is 14.3. The fourth-order valence-corrected chi connectivity index (χ4v) is 7.17. The van der Waals surface area contributed by atoms with E-state index in [0.717, 1.165) is 11.1 Å². The lowest BCUT2D eigenvalue weighted by Crippen LogP contribution is -2.62. The second-order valence-electron chi connectivity index (χ2n) is 16.0. The molecule has 1 fully saturated rings. The Morgan fingerprint density at radius 3 is 2.49 bits per heavy atom. The number of fused-ring (bicyclic) bond motifs is 4. The highest BCUT2D eigenvalue weighted by Crippen LogP contribution is 2.37. The third kappa shape index (κ3) is 11.5. The van der Waals surface area contributed by atoms with E-state index in [1.165, 1.54) is 5.01 Å². The summed E-state index contributed by atoms with van der Waals surface area (Å²) in [5, 5.41) is 7.31. The maximum Gasteiger partial charge on any atom is 0.325 e. The Morgan fingerprint density at radius 1 is 1.04 bits per heavy atom. The highest BCUT2D eigenvalue weighted by Gasteiger charge is 2.39. The van der Waals surface area contributed by atoms with Gasteiger partial charge in [0.05, 0.1) is 17.7 Å². The van der Waals surface area contributed by atoms with Crippen LogP contribution in [0.25, 0.3) is 6.08 Å². The molecule has 12 nitrogen and oxygen atoms in total. The fourth-order valence-electron chi connectivity index (χ4n) is 6.15. The number of benzene rings is 1. The third-order valence-electron chi connectivity index (χ3n) is 10.5. The number of hydrogen-bond acceptors (Lipinski definition) is 9. The van der Waals surface area contributed by atoms with Crippen LogP contribution in [0, 0.1) is 11.8 Å². The second kappa shape index (κ2) is 18.3. The van der Waals surface area contributed by atoms with Gasteiger partial charge in [-0.25, -0.2) is 5.43 Å². The van der Waals surface area contributed by atoms with E-state index in [9.17, 15) is 19.2 Å². The van der Waals surface area contributed by atoms with Crippen molar-refractivity contribution in [1.29, 1.82) is 0 Å². The normalized spacial score (nSPS) is 25.0. The monoisotopic (exact) mass is 749 g/mol. The number of carbonyl (C=O) groups excluding carboxylic acids is 4. The molecule has 1 saturated heterocycles. The average molecular weight is 750 g/mol. The van der Waals surface area contributed by atoms with Gasteiger partial charge in [0.1, 0.15) is 30.5 Å². The van der Waals surface area contributed by atoms with E-state index < -0.39 is 56.2 Å². The van der Waals surface area contributed by atoms with E-state index in [0.29, 0.717) is 43.7 Å². The minimum Gasteiger partial charge on any atom is -0.543 e. The summed E-state index contributed by atoms with van der Waals surface area (Å²) in [5.74, 6) is -1.81. The maximum atomic E-state index is 14.3. The molecule has 2 aromatic rings. The lowest BCUT2D eigenvalue weighted by atomic mass is 9.96. The van der Waals surface area contributed by atoms with Gasteiger partial charge in [-0.2, -0.15) is 0 Å². The quantitative estimate of drug-likeness (QED) is 0.263. The van der Waals surface area contributed by atoms with E-state index in [1.807, 2.05) is 62.4 Å². The van der Waals surface area contributed by atoms with Crippen LogP contribution in [0.3, 0.4) is 0 Å². The summed E-state index contributed by atoms with van der Waals surface area (Å²) >= 11 is 0. The summed E-state index contributed by atoms with van der Waals surface area (Å²) in [7, 11) is -0.578.